The summed E-state index contributed by atoms with van der Waals surface area (Å²) >= 11 is 0. The third-order valence-electron chi connectivity index (χ3n) is 2.61. The van der Waals surface area contributed by atoms with Crippen LogP contribution in [0.2, 0.25) is 0 Å². The van der Waals surface area contributed by atoms with E-state index < -0.39 is 0 Å². The summed E-state index contributed by atoms with van der Waals surface area (Å²) in [5.41, 5.74) is 8.20. The molecule has 0 saturated heterocycles. The summed E-state index contributed by atoms with van der Waals surface area (Å²) in [6.45, 7) is 4.63. The van der Waals surface area contributed by atoms with Crippen LogP contribution in [0.3, 0.4) is 0 Å². The average Bonchev–Trinajstić information content (AvgIpc) is 2.25. The van der Waals surface area contributed by atoms with Crippen molar-refractivity contribution in [2.45, 2.75) is 31.9 Å². The Morgan fingerprint density at radius 2 is 1.76 bits per heavy atom. The van der Waals surface area contributed by atoms with Crippen molar-refractivity contribution in [3.8, 4) is 0 Å². The molecule has 0 bridgehead atoms. The van der Waals surface area contributed by atoms with Crippen LogP contribution >= 0.6 is 0 Å². The van der Waals surface area contributed by atoms with Gasteiger partial charge in [0.2, 0.25) is 0 Å². The molecule has 3 heteroatoms. The number of nitrogens with two attached hydrogens (primary N) is 1. The van der Waals surface area contributed by atoms with E-state index in [1.165, 1.54) is 5.56 Å². The van der Waals surface area contributed by atoms with Crippen LogP contribution in [0.1, 0.15) is 31.1 Å². The van der Waals surface area contributed by atoms with Crippen molar-refractivity contribution >= 4 is 0 Å². The van der Waals surface area contributed by atoms with Gasteiger partial charge < -0.3 is 15.2 Å². The summed E-state index contributed by atoms with van der Waals surface area (Å²) in [5, 5.41) is 0. The summed E-state index contributed by atoms with van der Waals surface area (Å²) in [6.07, 6.45) is 0.870. The maximum atomic E-state index is 5.99. The number of benzene rings is 1. The van der Waals surface area contributed by atoms with E-state index in [-0.39, 0.29) is 11.6 Å². The molecule has 0 aliphatic heterocycles. The van der Waals surface area contributed by atoms with Crippen molar-refractivity contribution in [1.29, 1.82) is 0 Å². The van der Waals surface area contributed by atoms with E-state index in [1.54, 1.807) is 14.2 Å². The zero-order valence-electron chi connectivity index (χ0n) is 11.2. The van der Waals surface area contributed by atoms with Crippen LogP contribution < -0.4 is 5.73 Å². The van der Waals surface area contributed by atoms with E-state index in [4.69, 9.17) is 15.2 Å². The SMILES string of the molecule is COCC(OC)c1ccc(CC(C)(C)N)cc1. The second-order valence-corrected chi connectivity index (χ2v) is 5.09. The van der Waals surface area contributed by atoms with E-state index in [2.05, 4.69) is 24.3 Å². The van der Waals surface area contributed by atoms with Gasteiger partial charge in [0.05, 0.1) is 6.61 Å². The van der Waals surface area contributed by atoms with Crippen LogP contribution in [0.5, 0.6) is 0 Å². The topological polar surface area (TPSA) is 44.5 Å². The van der Waals surface area contributed by atoms with E-state index >= 15 is 0 Å². The molecule has 0 aliphatic rings. The van der Waals surface area contributed by atoms with Gasteiger partial charge >= 0.3 is 0 Å². The Hall–Kier alpha value is -0.900. The number of rotatable bonds is 6. The summed E-state index contributed by atoms with van der Waals surface area (Å²) in [4.78, 5) is 0. The first-order valence-electron chi connectivity index (χ1n) is 5.85. The molecule has 0 aliphatic carbocycles. The van der Waals surface area contributed by atoms with E-state index in [1.807, 2.05) is 13.8 Å². The van der Waals surface area contributed by atoms with Gasteiger partial charge in [-0.25, -0.2) is 0 Å². The fourth-order valence-corrected chi connectivity index (χ4v) is 1.83. The molecule has 0 saturated carbocycles. The quantitative estimate of drug-likeness (QED) is 0.825. The number of hydrogen-bond acceptors (Lipinski definition) is 3. The van der Waals surface area contributed by atoms with Gasteiger partial charge in [-0.3, -0.25) is 0 Å². The van der Waals surface area contributed by atoms with Gasteiger partial charge in [0.25, 0.3) is 0 Å². The van der Waals surface area contributed by atoms with Gasteiger partial charge in [0.1, 0.15) is 6.10 Å². The molecule has 3 nitrogen and oxygen atoms in total. The van der Waals surface area contributed by atoms with Crippen molar-refractivity contribution in [3.05, 3.63) is 35.4 Å². The molecule has 0 amide bonds. The Kier molecular flexibility index (Phi) is 5.12. The summed E-state index contributed by atoms with van der Waals surface area (Å²) in [6, 6.07) is 8.36. The first kappa shape index (κ1) is 14.2. The predicted molar refractivity (Wildman–Crippen MR) is 70.0 cm³/mol. The second kappa shape index (κ2) is 6.15. The lowest BCUT2D eigenvalue weighted by Gasteiger charge is -2.19. The number of methoxy groups -OCH3 is 2. The van der Waals surface area contributed by atoms with Gasteiger partial charge in [-0.15, -0.1) is 0 Å². The van der Waals surface area contributed by atoms with Crippen LogP contribution in [0.15, 0.2) is 24.3 Å². The largest absolute Gasteiger partial charge is 0.382 e. The Bertz CT molecular complexity index is 327. The minimum atomic E-state index is -0.172. The maximum absolute atomic E-state index is 5.99. The third-order valence-corrected chi connectivity index (χ3v) is 2.61. The van der Waals surface area contributed by atoms with Crippen molar-refractivity contribution in [2.24, 2.45) is 5.73 Å². The van der Waals surface area contributed by atoms with Crippen molar-refractivity contribution in [2.75, 3.05) is 20.8 Å². The summed E-state index contributed by atoms with van der Waals surface area (Å²) in [7, 11) is 3.37. The zero-order valence-corrected chi connectivity index (χ0v) is 11.2. The smallest absolute Gasteiger partial charge is 0.105 e. The molecule has 0 heterocycles. The van der Waals surface area contributed by atoms with Crippen LogP contribution in [-0.2, 0) is 15.9 Å². The summed E-state index contributed by atoms with van der Waals surface area (Å²) in [5.74, 6) is 0. The normalized spacial score (nSPS) is 13.7. The highest BCUT2D eigenvalue weighted by Gasteiger charge is 2.13. The average molecular weight is 237 g/mol. The highest BCUT2D eigenvalue weighted by atomic mass is 16.5. The standard InChI is InChI=1S/C14H23NO2/c1-14(2,15)9-11-5-7-12(8-6-11)13(17-4)10-16-3/h5-8,13H,9-10,15H2,1-4H3. The number of ether oxygens (including phenoxy) is 2. The second-order valence-electron chi connectivity index (χ2n) is 5.09. The van der Waals surface area contributed by atoms with Crippen LogP contribution in [0.25, 0.3) is 0 Å². The molecular formula is C14H23NO2. The molecule has 0 radical (unpaired) electrons. The lowest BCUT2D eigenvalue weighted by molar-refractivity contribution is 0.0275. The Morgan fingerprint density at radius 3 is 2.18 bits per heavy atom. The Morgan fingerprint density at radius 1 is 1.18 bits per heavy atom. The van der Waals surface area contributed by atoms with Crippen molar-refractivity contribution < 1.29 is 9.47 Å². The van der Waals surface area contributed by atoms with Gasteiger partial charge in [-0.2, -0.15) is 0 Å². The van der Waals surface area contributed by atoms with E-state index in [0.717, 1.165) is 12.0 Å². The molecule has 1 rings (SSSR count). The van der Waals surface area contributed by atoms with Gasteiger partial charge in [-0.05, 0) is 31.4 Å². The Balaban J connectivity index is 2.73. The van der Waals surface area contributed by atoms with Crippen molar-refractivity contribution in [3.63, 3.8) is 0 Å². The predicted octanol–water partition coefficient (Wildman–Crippen LogP) is 2.30. The fraction of sp³-hybridized carbons (Fsp3) is 0.571. The zero-order chi connectivity index (χ0) is 12.9. The van der Waals surface area contributed by atoms with E-state index in [9.17, 15) is 0 Å². The minimum Gasteiger partial charge on any atom is -0.382 e. The molecule has 0 aromatic heterocycles. The van der Waals surface area contributed by atoms with Crippen LogP contribution in [0, 0.1) is 0 Å². The van der Waals surface area contributed by atoms with Crippen LogP contribution in [-0.4, -0.2) is 26.4 Å². The molecule has 1 aromatic rings. The lowest BCUT2D eigenvalue weighted by Crippen LogP contribution is -2.34. The maximum Gasteiger partial charge on any atom is 0.105 e. The highest BCUT2D eigenvalue weighted by Crippen LogP contribution is 2.19. The monoisotopic (exact) mass is 237 g/mol. The molecular weight excluding hydrogens is 214 g/mol. The molecule has 0 spiro atoms. The van der Waals surface area contributed by atoms with E-state index in [0.29, 0.717) is 6.61 Å². The molecule has 1 atom stereocenters. The number of hydrogen-bond donors (Lipinski definition) is 1. The highest BCUT2D eigenvalue weighted by molar-refractivity contribution is 5.25. The molecule has 17 heavy (non-hydrogen) atoms. The van der Waals surface area contributed by atoms with Crippen LogP contribution in [0.4, 0.5) is 0 Å². The van der Waals surface area contributed by atoms with Gasteiger partial charge in [0, 0.05) is 19.8 Å². The first-order chi connectivity index (χ1) is 7.96. The fourth-order valence-electron chi connectivity index (χ4n) is 1.83. The summed E-state index contributed by atoms with van der Waals surface area (Å²) < 4.78 is 10.5. The molecule has 0 fully saturated rings. The first-order valence-corrected chi connectivity index (χ1v) is 5.85. The molecule has 1 aromatic carbocycles. The third kappa shape index (κ3) is 4.86. The molecule has 96 valence electrons. The van der Waals surface area contributed by atoms with Gasteiger partial charge in [0.15, 0.2) is 0 Å². The van der Waals surface area contributed by atoms with Crippen molar-refractivity contribution in [1.82, 2.24) is 0 Å². The van der Waals surface area contributed by atoms with Gasteiger partial charge in [-0.1, -0.05) is 24.3 Å². The minimum absolute atomic E-state index is 0.0000586. The lowest BCUT2D eigenvalue weighted by atomic mass is 9.95. The molecule has 1 unspecified atom stereocenters. The Labute approximate surface area is 104 Å². The molecule has 2 N–H and O–H groups in total.